The van der Waals surface area contributed by atoms with E-state index < -0.39 is 11.7 Å². The molecule has 1 heterocycles. The molecule has 1 aromatic heterocycles. The molecule has 0 spiro atoms. The maximum absolute atomic E-state index is 12.4. The average molecular weight is 308 g/mol. The zero-order chi connectivity index (χ0) is 14.9. The van der Waals surface area contributed by atoms with Crippen LogP contribution < -0.4 is 4.74 Å². The van der Waals surface area contributed by atoms with Gasteiger partial charge in [-0.2, -0.15) is 13.2 Å². The minimum Gasteiger partial charge on any atom is -0.488 e. The number of fused-ring (bicyclic) bond motifs is 1. The zero-order valence-electron chi connectivity index (χ0n) is 10.9. The first kappa shape index (κ1) is 13.9. The molecule has 3 rings (SSSR count). The highest BCUT2D eigenvalue weighted by Gasteiger charge is 2.29. The van der Waals surface area contributed by atoms with Gasteiger partial charge in [0.25, 0.3) is 0 Å². The smallest absolute Gasteiger partial charge is 0.416 e. The largest absolute Gasteiger partial charge is 0.488 e. The minimum absolute atomic E-state index is 0.352. The van der Waals surface area contributed by atoms with Crippen LogP contribution >= 0.6 is 11.3 Å². The topological polar surface area (TPSA) is 9.23 Å². The summed E-state index contributed by atoms with van der Waals surface area (Å²) in [6.07, 6.45) is -4.32. The Balaban J connectivity index is 1.69. The van der Waals surface area contributed by atoms with Crippen LogP contribution in [0.25, 0.3) is 10.1 Å². The van der Waals surface area contributed by atoms with Gasteiger partial charge >= 0.3 is 6.18 Å². The Morgan fingerprint density at radius 2 is 1.67 bits per heavy atom. The molecular weight excluding hydrogens is 297 g/mol. The quantitative estimate of drug-likeness (QED) is 0.621. The maximum atomic E-state index is 12.4. The Morgan fingerprint density at radius 3 is 2.33 bits per heavy atom. The Labute approximate surface area is 123 Å². The van der Waals surface area contributed by atoms with E-state index in [1.54, 1.807) is 11.3 Å². The standard InChI is InChI=1S/C16H11F3OS/c17-16(18,19)12-5-7-13(8-6-12)20-10-14-9-11-3-1-2-4-15(11)21-14/h1-9H,10H2. The summed E-state index contributed by atoms with van der Waals surface area (Å²) in [5.74, 6) is 0.431. The first-order valence-corrected chi connectivity index (χ1v) is 7.11. The van der Waals surface area contributed by atoms with Crippen molar-refractivity contribution in [2.24, 2.45) is 0 Å². The second kappa shape index (κ2) is 5.41. The predicted molar refractivity (Wildman–Crippen MR) is 77.6 cm³/mol. The van der Waals surface area contributed by atoms with Crippen LogP contribution in [-0.2, 0) is 12.8 Å². The summed E-state index contributed by atoms with van der Waals surface area (Å²) in [5.41, 5.74) is -0.670. The van der Waals surface area contributed by atoms with Crippen molar-refractivity contribution in [2.45, 2.75) is 12.8 Å². The van der Waals surface area contributed by atoms with Gasteiger partial charge in [0.15, 0.2) is 0 Å². The minimum atomic E-state index is -4.32. The van der Waals surface area contributed by atoms with Gasteiger partial charge in [0, 0.05) is 9.58 Å². The molecule has 3 aromatic rings. The van der Waals surface area contributed by atoms with Crippen molar-refractivity contribution in [1.29, 1.82) is 0 Å². The van der Waals surface area contributed by atoms with Crippen LogP contribution in [0, 0.1) is 0 Å². The third-order valence-electron chi connectivity index (χ3n) is 3.04. The second-order valence-corrected chi connectivity index (χ2v) is 5.73. The molecule has 0 unspecified atom stereocenters. The summed E-state index contributed by atoms with van der Waals surface area (Å²) in [6.45, 7) is 0.352. The van der Waals surface area contributed by atoms with Crippen molar-refractivity contribution in [1.82, 2.24) is 0 Å². The van der Waals surface area contributed by atoms with Crippen LogP contribution in [0.2, 0.25) is 0 Å². The number of rotatable bonds is 3. The summed E-state index contributed by atoms with van der Waals surface area (Å²) in [6, 6.07) is 14.8. The van der Waals surface area contributed by atoms with E-state index in [1.807, 2.05) is 30.3 Å². The molecule has 2 aromatic carbocycles. The molecule has 0 amide bonds. The first-order chi connectivity index (χ1) is 10.0. The van der Waals surface area contributed by atoms with Crippen molar-refractivity contribution in [3.05, 3.63) is 65.0 Å². The van der Waals surface area contributed by atoms with Gasteiger partial charge in [-0.25, -0.2) is 0 Å². The van der Waals surface area contributed by atoms with Crippen molar-refractivity contribution < 1.29 is 17.9 Å². The van der Waals surface area contributed by atoms with E-state index in [0.717, 1.165) is 22.4 Å². The number of halogens is 3. The fourth-order valence-corrected chi connectivity index (χ4v) is 2.98. The summed E-state index contributed by atoms with van der Waals surface area (Å²) >= 11 is 1.62. The van der Waals surface area contributed by atoms with Crippen LogP contribution in [0.15, 0.2) is 54.6 Å². The monoisotopic (exact) mass is 308 g/mol. The van der Waals surface area contributed by atoms with E-state index in [9.17, 15) is 13.2 Å². The Kier molecular flexibility index (Phi) is 3.59. The molecular formula is C16H11F3OS. The van der Waals surface area contributed by atoms with Gasteiger partial charge in [-0.1, -0.05) is 18.2 Å². The third kappa shape index (κ3) is 3.19. The molecule has 0 N–H and O–H groups in total. The molecule has 0 aliphatic carbocycles. The van der Waals surface area contributed by atoms with Crippen LogP contribution in [0.4, 0.5) is 13.2 Å². The van der Waals surface area contributed by atoms with Crippen LogP contribution in [0.5, 0.6) is 5.75 Å². The second-order valence-electron chi connectivity index (χ2n) is 4.56. The Hall–Kier alpha value is -2.01. The van der Waals surface area contributed by atoms with Gasteiger partial charge in [-0.3, -0.25) is 0 Å². The molecule has 1 nitrogen and oxygen atoms in total. The molecule has 5 heteroatoms. The van der Waals surface area contributed by atoms with E-state index in [1.165, 1.54) is 16.8 Å². The van der Waals surface area contributed by atoms with E-state index >= 15 is 0 Å². The maximum Gasteiger partial charge on any atom is 0.416 e. The summed E-state index contributed by atoms with van der Waals surface area (Å²) < 4.78 is 44.1. The highest BCUT2D eigenvalue weighted by atomic mass is 32.1. The molecule has 0 saturated heterocycles. The van der Waals surface area contributed by atoms with Crippen LogP contribution in [0.3, 0.4) is 0 Å². The van der Waals surface area contributed by atoms with Crippen molar-refractivity contribution in [3.63, 3.8) is 0 Å². The number of hydrogen-bond acceptors (Lipinski definition) is 2. The fraction of sp³-hybridized carbons (Fsp3) is 0.125. The van der Waals surface area contributed by atoms with E-state index in [0.29, 0.717) is 12.4 Å². The molecule has 0 atom stereocenters. The van der Waals surface area contributed by atoms with Crippen molar-refractivity contribution >= 4 is 21.4 Å². The first-order valence-electron chi connectivity index (χ1n) is 6.30. The lowest BCUT2D eigenvalue weighted by atomic mass is 10.2. The molecule has 0 aliphatic rings. The van der Waals surface area contributed by atoms with Gasteiger partial charge in [0.2, 0.25) is 0 Å². The van der Waals surface area contributed by atoms with Gasteiger partial charge < -0.3 is 4.74 Å². The van der Waals surface area contributed by atoms with Crippen LogP contribution in [-0.4, -0.2) is 0 Å². The predicted octanol–water partition coefficient (Wildman–Crippen LogP) is 5.50. The van der Waals surface area contributed by atoms with Crippen LogP contribution in [0.1, 0.15) is 10.4 Å². The highest BCUT2D eigenvalue weighted by Crippen LogP contribution is 2.31. The van der Waals surface area contributed by atoms with E-state index in [-0.39, 0.29) is 0 Å². The summed E-state index contributed by atoms with van der Waals surface area (Å²) in [7, 11) is 0. The number of hydrogen-bond donors (Lipinski definition) is 0. The van der Waals surface area contributed by atoms with Gasteiger partial charge in [-0.15, -0.1) is 11.3 Å². The summed E-state index contributed by atoms with van der Waals surface area (Å²) in [5, 5.41) is 1.15. The SMILES string of the molecule is FC(F)(F)c1ccc(OCc2cc3ccccc3s2)cc1. The van der Waals surface area contributed by atoms with Gasteiger partial charge in [0.05, 0.1) is 5.56 Å². The normalized spacial score (nSPS) is 11.8. The third-order valence-corrected chi connectivity index (χ3v) is 4.13. The zero-order valence-corrected chi connectivity index (χ0v) is 11.7. The van der Waals surface area contributed by atoms with Crippen molar-refractivity contribution in [3.8, 4) is 5.75 Å². The Morgan fingerprint density at radius 1 is 0.952 bits per heavy atom. The molecule has 0 bridgehead atoms. The molecule has 0 saturated carbocycles. The molecule has 0 radical (unpaired) electrons. The van der Waals surface area contributed by atoms with Crippen molar-refractivity contribution in [2.75, 3.05) is 0 Å². The molecule has 0 aliphatic heterocycles. The summed E-state index contributed by atoms with van der Waals surface area (Å²) in [4.78, 5) is 1.04. The van der Waals surface area contributed by atoms with E-state index in [2.05, 4.69) is 0 Å². The highest BCUT2D eigenvalue weighted by molar-refractivity contribution is 7.19. The lowest BCUT2D eigenvalue weighted by Gasteiger charge is -2.08. The average Bonchev–Trinajstić information content (AvgIpc) is 2.87. The van der Waals surface area contributed by atoms with Gasteiger partial charge in [-0.05, 0) is 41.8 Å². The number of ether oxygens (including phenoxy) is 1. The lowest BCUT2D eigenvalue weighted by Crippen LogP contribution is -2.04. The number of thiophene rings is 1. The molecule has 0 fully saturated rings. The lowest BCUT2D eigenvalue weighted by molar-refractivity contribution is -0.137. The molecule has 108 valence electrons. The Bertz CT molecular complexity index is 711. The number of alkyl halides is 3. The molecule has 21 heavy (non-hydrogen) atoms. The fourth-order valence-electron chi connectivity index (χ4n) is 2.00. The van der Waals surface area contributed by atoms with E-state index in [4.69, 9.17) is 4.74 Å². The van der Waals surface area contributed by atoms with Gasteiger partial charge in [0.1, 0.15) is 12.4 Å². The number of benzene rings is 2.